The second kappa shape index (κ2) is 7.80. The molecule has 1 aliphatic heterocycles. The van der Waals surface area contributed by atoms with E-state index in [1.165, 1.54) is 0 Å². The second-order valence-electron chi connectivity index (χ2n) is 6.12. The van der Waals surface area contributed by atoms with Gasteiger partial charge in [0.2, 0.25) is 11.6 Å². The van der Waals surface area contributed by atoms with Crippen LogP contribution in [0.1, 0.15) is 33.8 Å². The molecule has 1 aromatic carbocycles. The summed E-state index contributed by atoms with van der Waals surface area (Å²) in [6.07, 6.45) is -9.89. The Morgan fingerprint density at radius 2 is 1.86 bits per heavy atom. The quantitative estimate of drug-likeness (QED) is 0.493. The van der Waals surface area contributed by atoms with Gasteiger partial charge < -0.3 is 25.8 Å². The first-order chi connectivity index (χ1) is 13.6. The molecule has 1 fully saturated rings. The number of carbonyl (C=O) groups excluding carboxylic acids is 1. The summed E-state index contributed by atoms with van der Waals surface area (Å²) in [6, 6.07) is 4.05. The maximum atomic E-state index is 12.6. The van der Waals surface area contributed by atoms with E-state index in [1.807, 2.05) is 0 Å². The van der Waals surface area contributed by atoms with Crippen LogP contribution >= 0.6 is 0 Å². The maximum Gasteiger partial charge on any atom is 0.416 e. The molecule has 154 valence electrons. The van der Waals surface area contributed by atoms with E-state index in [2.05, 4.69) is 21.9 Å². The predicted molar refractivity (Wildman–Crippen MR) is 89.0 cm³/mol. The van der Waals surface area contributed by atoms with Crippen molar-refractivity contribution in [2.24, 2.45) is 5.73 Å². The fraction of sp³-hybridized carbons (Fsp3) is 0.353. The molecular formula is C17H15F3N4O5. The third-order valence-corrected chi connectivity index (χ3v) is 4.14. The van der Waals surface area contributed by atoms with Crippen LogP contribution in [0, 0.1) is 11.8 Å². The summed E-state index contributed by atoms with van der Waals surface area (Å²) >= 11 is 0. The molecule has 1 aromatic heterocycles. The van der Waals surface area contributed by atoms with E-state index in [4.69, 9.17) is 15.6 Å². The molecule has 0 aliphatic carbocycles. The molecule has 9 nitrogen and oxygen atoms in total. The zero-order valence-corrected chi connectivity index (χ0v) is 14.5. The molecule has 4 atom stereocenters. The van der Waals surface area contributed by atoms with Crippen LogP contribution in [-0.4, -0.2) is 60.9 Å². The number of alkyl halides is 3. The Balaban J connectivity index is 1.89. The predicted octanol–water partition coefficient (Wildman–Crippen LogP) is -0.593. The molecule has 2 heterocycles. The summed E-state index contributed by atoms with van der Waals surface area (Å²) in [4.78, 5) is 15.5. The standard InChI is InChI=1S/C17H15F3N4O5/c18-17(19,20)9-4-1-8(2-5-9)3-6-11-22-15(14(21)28)24(23-11)16-13(27)12(26)10(7-25)29-16/h1-2,4-5,10,12-13,16,25-27H,7H2,(H2,21,28)/t10-,12-,13-,16-/m1/s1. The average molecular weight is 412 g/mol. The Kier molecular flexibility index (Phi) is 5.58. The summed E-state index contributed by atoms with van der Waals surface area (Å²) < 4.78 is 43.9. The van der Waals surface area contributed by atoms with Gasteiger partial charge in [0, 0.05) is 5.56 Å². The molecule has 0 radical (unpaired) electrons. The summed E-state index contributed by atoms with van der Waals surface area (Å²) in [5, 5.41) is 33.0. The normalized spacial score (nSPS) is 24.2. The Labute approximate surface area is 161 Å². The van der Waals surface area contributed by atoms with E-state index in [9.17, 15) is 28.2 Å². The number of aliphatic hydroxyl groups excluding tert-OH is 3. The molecule has 1 amide bonds. The number of primary amides is 1. The minimum atomic E-state index is -4.47. The van der Waals surface area contributed by atoms with Crippen molar-refractivity contribution in [2.45, 2.75) is 30.7 Å². The highest BCUT2D eigenvalue weighted by atomic mass is 19.4. The monoisotopic (exact) mass is 412 g/mol. The van der Waals surface area contributed by atoms with Crippen LogP contribution in [0.15, 0.2) is 24.3 Å². The van der Waals surface area contributed by atoms with E-state index in [0.717, 1.165) is 28.9 Å². The molecule has 0 saturated carbocycles. The number of nitrogens with zero attached hydrogens (tertiary/aromatic N) is 3. The number of carbonyl (C=O) groups is 1. The van der Waals surface area contributed by atoms with Crippen molar-refractivity contribution in [1.29, 1.82) is 0 Å². The average Bonchev–Trinajstić information content (AvgIpc) is 3.21. The van der Waals surface area contributed by atoms with Crippen LogP contribution in [0.25, 0.3) is 0 Å². The van der Waals surface area contributed by atoms with Crippen LogP contribution in [-0.2, 0) is 10.9 Å². The molecule has 12 heteroatoms. The van der Waals surface area contributed by atoms with Crippen molar-refractivity contribution < 1.29 is 38.0 Å². The highest BCUT2D eigenvalue weighted by Gasteiger charge is 2.45. The number of aliphatic hydroxyl groups is 3. The number of rotatable bonds is 3. The Bertz CT molecular complexity index is 964. The Hall–Kier alpha value is -2.98. The number of nitrogens with two attached hydrogens (primary N) is 1. The van der Waals surface area contributed by atoms with E-state index < -0.39 is 54.6 Å². The SMILES string of the molecule is NC(=O)c1nc(C#Cc2ccc(C(F)(F)F)cc2)nn1[C@@H]1O[C@H](CO)[C@@H](O)[C@H]1O. The summed E-state index contributed by atoms with van der Waals surface area (Å²) in [6.45, 7) is -0.587. The maximum absolute atomic E-state index is 12.6. The zero-order chi connectivity index (χ0) is 21.3. The van der Waals surface area contributed by atoms with Crippen molar-refractivity contribution in [3.8, 4) is 11.8 Å². The topological polar surface area (TPSA) is 144 Å². The van der Waals surface area contributed by atoms with Gasteiger partial charge in [-0.05, 0) is 30.2 Å². The summed E-state index contributed by atoms with van der Waals surface area (Å²) in [5.41, 5.74) is 4.65. The summed E-state index contributed by atoms with van der Waals surface area (Å²) in [5.74, 6) is 3.38. The Morgan fingerprint density at radius 3 is 2.38 bits per heavy atom. The number of hydrogen-bond donors (Lipinski definition) is 4. The number of ether oxygens (including phenoxy) is 1. The second-order valence-corrected chi connectivity index (χ2v) is 6.12. The first kappa shape index (κ1) is 20.7. The molecule has 2 aromatic rings. The lowest BCUT2D eigenvalue weighted by molar-refractivity contribution is -0.137. The molecule has 29 heavy (non-hydrogen) atoms. The van der Waals surface area contributed by atoms with E-state index >= 15 is 0 Å². The van der Waals surface area contributed by atoms with Gasteiger partial charge in [-0.3, -0.25) is 4.79 Å². The van der Waals surface area contributed by atoms with Gasteiger partial charge in [0.1, 0.15) is 18.3 Å². The fourth-order valence-electron chi connectivity index (χ4n) is 2.67. The highest BCUT2D eigenvalue weighted by Crippen LogP contribution is 2.30. The van der Waals surface area contributed by atoms with E-state index in [0.29, 0.717) is 0 Å². The first-order valence-electron chi connectivity index (χ1n) is 8.20. The van der Waals surface area contributed by atoms with Gasteiger partial charge in [-0.2, -0.15) is 18.2 Å². The van der Waals surface area contributed by atoms with Crippen LogP contribution < -0.4 is 5.73 Å². The van der Waals surface area contributed by atoms with Gasteiger partial charge in [0.05, 0.1) is 12.2 Å². The van der Waals surface area contributed by atoms with Gasteiger partial charge in [-0.15, -0.1) is 5.10 Å². The van der Waals surface area contributed by atoms with E-state index in [-0.39, 0.29) is 11.4 Å². The first-order valence-corrected chi connectivity index (χ1v) is 8.20. The van der Waals surface area contributed by atoms with Gasteiger partial charge in [0.25, 0.3) is 5.91 Å². The minimum Gasteiger partial charge on any atom is -0.394 e. The summed E-state index contributed by atoms with van der Waals surface area (Å²) in [7, 11) is 0. The lowest BCUT2D eigenvalue weighted by Gasteiger charge is -2.15. The number of benzene rings is 1. The van der Waals surface area contributed by atoms with Crippen molar-refractivity contribution in [3.05, 3.63) is 47.0 Å². The molecular weight excluding hydrogens is 397 g/mol. The Morgan fingerprint density at radius 1 is 1.21 bits per heavy atom. The van der Waals surface area contributed by atoms with Crippen LogP contribution in [0.4, 0.5) is 13.2 Å². The number of amides is 1. The van der Waals surface area contributed by atoms with Crippen molar-refractivity contribution in [1.82, 2.24) is 14.8 Å². The molecule has 3 rings (SSSR count). The molecule has 5 N–H and O–H groups in total. The molecule has 1 saturated heterocycles. The van der Waals surface area contributed by atoms with Crippen molar-refractivity contribution in [3.63, 3.8) is 0 Å². The zero-order valence-electron chi connectivity index (χ0n) is 14.5. The largest absolute Gasteiger partial charge is 0.416 e. The smallest absolute Gasteiger partial charge is 0.394 e. The van der Waals surface area contributed by atoms with Crippen molar-refractivity contribution >= 4 is 5.91 Å². The number of aromatic nitrogens is 3. The number of halogens is 3. The lowest BCUT2D eigenvalue weighted by atomic mass is 10.1. The van der Waals surface area contributed by atoms with Gasteiger partial charge >= 0.3 is 6.18 Å². The molecule has 1 aliphatic rings. The van der Waals surface area contributed by atoms with Crippen LogP contribution in [0.3, 0.4) is 0 Å². The van der Waals surface area contributed by atoms with Crippen molar-refractivity contribution in [2.75, 3.05) is 6.61 Å². The van der Waals surface area contributed by atoms with E-state index in [1.54, 1.807) is 0 Å². The minimum absolute atomic E-state index is 0.212. The van der Waals surface area contributed by atoms with Gasteiger partial charge in [0.15, 0.2) is 6.23 Å². The molecule has 0 unspecified atom stereocenters. The number of hydrogen-bond acceptors (Lipinski definition) is 7. The molecule has 0 bridgehead atoms. The van der Waals surface area contributed by atoms with Gasteiger partial charge in [-0.25, -0.2) is 4.68 Å². The lowest BCUT2D eigenvalue weighted by Crippen LogP contribution is -2.34. The van der Waals surface area contributed by atoms with Crippen LogP contribution in [0.2, 0.25) is 0 Å². The molecule has 0 spiro atoms. The highest BCUT2D eigenvalue weighted by molar-refractivity contribution is 5.89. The van der Waals surface area contributed by atoms with Gasteiger partial charge in [-0.1, -0.05) is 5.92 Å². The fourth-order valence-corrected chi connectivity index (χ4v) is 2.67. The van der Waals surface area contributed by atoms with Crippen LogP contribution in [0.5, 0.6) is 0 Å². The third kappa shape index (κ3) is 4.22. The third-order valence-electron chi connectivity index (χ3n) is 4.14.